The highest BCUT2D eigenvalue weighted by atomic mass is 16.7. The Morgan fingerprint density at radius 1 is 1.10 bits per heavy atom. The van der Waals surface area contributed by atoms with E-state index in [1.807, 2.05) is 37.3 Å². The van der Waals surface area contributed by atoms with Crippen molar-refractivity contribution in [3.05, 3.63) is 53.1 Å². The van der Waals surface area contributed by atoms with E-state index < -0.39 is 0 Å². The summed E-state index contributed by atoms with van der Waals surface area (Å²) in [6.45, 7) is 3.57. The average Bonchev–Trinajstić information content (AvgIpc) is 2.92. The van der Waals surface area contributed by atoms with E-state index in [2.05, 4.69) is 5.32 Å². The molecule has 0 amide bonds. The van der Waals surface area contributed by atoms with Crippen LogP contribution in [0.25, 0.3) is 0 Å². The number of phenolic OH excluding ortho intramolecular Hbond substituents is 1. The van der Waals surface area contributed by atoms with Crippen LogP contribution in [0.1, 0.15) is 16.7 Å². The molecule has 2 aromatic rings. The standard InChI is InChI=1S/C16H17NO3/c1-11-5-6-14(18)13(7-11)9-17-8-12-3-2-4-15-16(12)20-10-19-15/h2-7,17-18H,8-10H2,1H3. The monoisotopic (exact) mass is 271 g/mol. The first-order valence-corrected chi connectivity index (χ1v) is 6.61. The lowest BCUT2D eigenvalue weighted by Gasteiger charge is -2.09. The van der Waals surface area contributed by atoms with Crippen LogP contribution in [0.4, 0.5) is 0 Å². The fraction of sp³-hybridized carbons (Fsp3) is 0.250. The summed E-state index contributed by atoms with van der Waals surface area (Å²) in [7, 11) is 0. The summed E-state index contributed by atoms with van der Waals surface area (Å²) in [6.07, 6.45) is 0. The minimum absolute atomic E-state index is 0.283. The number of benzene rings is 2. The van der Waals surface area contributed by atoms with Crippen LogP contribution in [0.15, 0.2) is 36.4 Å². The van der Waals surface area contributed by atoms with E-state index in [0.717, 1.165) is 28.2 Å². The summed E-state index contributed by atoms with van der Waals surface area (Å²) >= 11 is 0. The number of phenols is 1. The molecule has 0 saturated carbocycles. The number of aromatic hydroxyl groups is 1. The highest BCUT2D eigenvalue weighted by molar-refractivity contribution is 5.48. The van der Waals surface area contributed by atoms with Crippen molar-refractivity contribution >= 4 is 0 Å². The van der Waals surface area contributed by atoms with E-state index in [9.17, 15) is 5.11 Å². The second-order valence-corrected chi connectivity index (χ2v) is 4.89. The first-order chi connectivity index (χ1) is 9.74. The Labute approximate surface area is 118 Å². The summed E-state index contributed by atoms with van der Waals surface area (Å²) in [5, 5.41) is 13.1. The number of fused-ring (bicyclic) bond motifs is 1. The van der Waals surface area contributed by atoms with Crippen LogP contribution in [-0.4, -0.2) is 11.9 Å². The van der Waals surface area contributed by atoms with E-state index in [0.29, 0.717) is 18.8 Å². The molecule has 4 heteroatoms. The smallest absolute Gasteiger partial charge is 0.231 e. The lowest BCUT2D eigenvalue weighted by molar-refractivity contribution is 0.173. The summed E-state index contributed by atoms with van der Waals surface area (Å²) in [5.41, 5.74) is 3.10. The van der Waals surface area contributed by atoms with Gasteiger partial charge < -0.3 is 19.9 Å². The second kappa shape index (κ2) is 5.43. The Morgan fingerprint density at radius 2 is 1.95 bits per heavy atom. The van der Waals surface area contributed by atoms with Gasteiger partial charge in [0.05, 0.1) is 0 Å². The van der Waals surface area contributed by atoms with Crippen LogP contribution in [-0.2, 0) is 13.1 Å². The van der Waals surface area contributed by atoms with Crippen molar-refractivity contribution in [1.29, 1.82) is 0 Å². The van der Waals surface area contributed by atoms with E-state index >= 15 is 0 Å². The van der Waals surface area contributed by atoms with Gasteiger partial charge in [0.15, 0.2) is 11.5 Å². The molecule has 0 saturated heterocycles. The van der Waals surface area contributed by atoms with Crippen molar-refractivity contribution in [1.82, 2.24) is 5.32 Å². The minimum Gasteiger partial charge on any atom is -0.508 e. The van der Waals surface area contributed by atoms with Crippen molar-refractivity contribution in [2.45, 2.75) is 20.0 Å². The predicted octanol–water partition coefficient (Wildman–Crippen LogP) is 2.72. The first kappa shape index (κ1) is 12.8. The third-order valence-corrected chi connectivity index (χ3v) is 3.34. The molecule has 0 atom stereocenters. The first-order valence-electron chi connectivity index (χ1n) is 6.61. The van der Waals surface area contributed by atoms with Gasteiger partial charge in [-0.2, -0.15) is 0 Å². The largest absolute Gasteiger partial charge is 0.508 e. The van der Waals surface area contributed by atoms with Crippen LogP contribution in [0.5, 0.6) is 17.2 Å². The lowest BCUT2D eigenvalue weighted by Crippen LogP contribution is -2.13. The van der Waals surface area contributed by atoms with E-state index in [1.54, 1.807) is 6.07 Å². The molecule has 0 aromatic heterocycles. The third kappa shape index (κ3) is 2.56. The molecule has 20 heavy (non-hydrogen) atoms. The molecule has 0 bridgehead atoms. The number of para-hydroxylation sites is 1. The van der Waals surface area contributed by atoms with Crippen LogP contribution < -0.4 is 14.8 Å². The molecule has 104 valence electrons. The Kier molecular flexibility index (Phi) is 3.48. The number of hydrogen-bond donors (Lipinski definition) is 2. The zero-order valence-electron chi connectivity index (χ0n) is 11.3. The Morgan fingerprint density at radius 3 is 2.85 bits per heavy atom. The summed E-state index contributed by atoms with van der Waals surface area (Å²) in [6, 6.07) is 11.5. The molecule has 2 aromatic carbocycles. The molecule has 1 heterocycles. The maximum atomic E-state index is 9.80. The highest BCUT2D eigenvalue weighted by Crippen LogP contribution is 2.35. The molecule has 4 nitrogen and oxygen atoms in total. The minimum atomic E-state index is 0.283. The summed E-state index contributed by atoms with van der Waals surface area (Å²) in [5.74, 6) is 1.93. The predicted molar refractivity (Wildman–Crippen MR) is 76.0 cm³/mol. The Bertz CT molecular complexity index is 625. The van der Waals surface area contributed by atoms with Crippen molar-refractivity contribution in [2.75, 3.05) is 6.79 Å². The molecular weight excluding hydrogens is 254 g/mol. The van der Waals surface area contributed by atoms with Gasteiger partial charge in [-0.1, -0.05) is 29.8 Å². The van der Waals surface area contributed by atoms with E-state index in [4.69, 9.17) is 9.47 Å². The quantitative estimate of drug-likeness (QED) is 0.897. The molecular formula is C16H17NO3. The lowest BCUT2D eigenvalue weighted by atomic mass is 10.1. The van der Waals surface area contributed by atoms with Gasteiger partial charge in [0, 0.05) is 24.2 Å². The topological polar surface area (TPSA) is 50.7 Å². The Hall–Kier alpha value is -2.20. The molecule has 0 aliphatic carbocycles. The van der Waals surface area contributed by atoms with E-state index in [-0.39, 0.29) is 6.79 Å². The fourth-order valence-electron chi connectivity index (χ4n) is 2.32. The van der Waals surface area contributed by atoms with Crippen LogP contribution in [0, 0.1) is 6.92 Å². The van der Waals surface area contributed by atoms with Crippen molar-refractivity contribution in [3.8, 4) is 17.2 Å². The van der Waals surface area contributed by atoms with Crippen molar-refractivity contribution in [3.63, 3.8) is 0 Å². The van der Waals surface area contributed by atoms with Gasteiger partial charge in [0.25, 0.3) is 0 Å². The Balaban J connectivity index is 1.66. The van der Waals surface area contributed by atoms with Crippen LogP contribution in [0.3, 0.4) is 0 Å². The van der Waals surface area contributed by atoms with Gasteiger partial charge in [-0.25, -0.2) is 0 Å². The van der Waals surface area contributed by atoms with Crippen LogP contribution in [0.2, 0.25) is 0 Å². The molecule has 0 spiro atoms. The number of nitrogens with one attached hydrogen (secondary N) is 1. The average molecular weight is 271 g/mol. The number of hydrogen-bond acceptors (Lipinski definition) is 4. The zero-order valence-corrected chi connectivity index (χ0v) is 11.3. The van der Waals surface area contributed by atoms with E-state index in [1.165, 1.54) is 0 Å². The maximum absolute atomic E-state index is 9.80. The van der Waals surface area contributed by atoms with Gasteiger partial charge in [-0.15, -0.1) is 0 Å². The van der Waals surface area contributed by atoms with Gasteiger partial charge in [-0.05, 0) is 19.1 Å². The summed E-state index contributed by atoms with van der Waals surface area (Å²) < 4.78 is 10.8. The van der Waals surface area contributed by atoms with Gasteiger partial charge >= 0.3 is 0 Å². The second-order valence-electron chi connectivity index (χ2n) is 4.89. The maximum Gasteiger partial charge on any atom is 0.231 e. The van der Waals surface area contributed by atoms with Crippen molar-refractivity contribution < 1.29 is 14.6 Å². The SMILES string of the molecule is Cc1ccc(O)c(CNCc2cccc3c2OCO3)c1. The number of ether oxygens (including phenoxy) is 2. The molecule has 1 aliphatic rings. The highest BCUT2D eigenvalue weighted by Gasteiger charge is 2.16. The van der Waals surface area contributed by atoms with Crippen molar-refractivity contribution in [2.24, 2.45) is 0 Å². The molecule has 0 fully saturated rings. The van der Waals surface area contributed by atoms with Gasteiger partial charge in [-0.3, -0.25) is 0 Å². The normalized spacial score (nSPS) is 12.7. The fourth-order valence-corrected chi connectivity index (χ4v) is 2.32. The van der Waals surface area contributed by atoms with Crippen LogP contribution >= 0.6 is 0 Å². The van der Waals surface area contributed by atoms with Gasteiger partial charge in [0.1, 0.15) is 5.75 Å². The molecule has 1 aliphatic heterocycles. The number of aryl methyl sites for hydroxylation is 1. The molecule has 0 radical (unpaired) electrons. The zero-order chi connectivity index (χ0) is 13.9. The molecule has 2 N–H and O–H groups in total. The van der Waals surface area contributed by atoms with Gasteiger partial charge in [0.2, 0.25) is 6.79 Å². The summed E-state index contributed by atoms with van der Waals surface area (Å²) in [4.78, 5) is 0. The third-order valence-electron chi connectivity index (χ3n) is 3.34. The number of rotatable bonds is 4. The molecule has 3 rings (SSSR count). The molecule has 0 unspecified atom stereocenters.